The zero-order valence-corrected chi connectivity index (χ0v) is 10.9. The van der Waals surface area contributed by atoms with Crippen molar-refractivity contribution < 1.29 is 18.4 Å². The summed E-state index contributed by atoms with van der Waals surface area (Å²) in [4.78, 5) is 23.0. The van der Waals surface area contributed by atoms with Gasteiger partial charge in [0.2, 0.25) is 0 Å². The molecule has 0 spiro atoms. The SMILES string of the molecule is Cn1ncc(NC(=O)Nc2ccc(F)cc2F)c1C(N)=O. The molecule has 2 aromatic rings. The monoisotopic (exact) mass is 295 g/mol. The van der Waals surface area contributed by atoms with Crippen LogP contribution in [0.5, 0.6) is 0 Å². The number of hydrogen-bond acceptors (Lipinski definition) is 3. The van der Waals surface area contributed by atoms with E-state index >= 15 is 0 Å². The Kier molecular flexibility index (Phi) is 3.83. The fourth-order valence-electron chi connectivity index (χ4n) is 1.69. The number of carbonyl (C=O) groups is 2. The van der Waals surface area contributed by atoms with Crippen molar-refractivity contribution in [3.63, 3.8) is 0 Å². The van der Waals surface area contributed by atoms with Crippen molar-refractivity contribution in [2.45, 2.75) is 0 Å². The average molecular weight is 295 g/mol. The minimum atomic E-state index is -0.925. The van der Waals surface area contributed by atoms with Gasteiger partial charge in [-0.15, -0.1) is 0 Å². The third kappa shape index (κ3) is 3.14. The van der Waals surface area contributed by atoms with Gasteiger partial charge in [-0.3, -0.25) is 9.48 Å². The number of benzene rings is 1. The number of hydrogen-bond donors (Lipinski definition) is 3. The molecule has 1 aromatic carbocycles. The smallest absolute Gasteiger partial charge is 0.323 e. The molecule has 4 N–H and O–H groups in total. The maximum atomic E-state index is 13.4. The molecule has 0 atom stereocenters. The van der Waals surface area contributed by atoms with Gasteiger partial charge in [-0.2, -0.15) is 5.10 Å². The molecule has 0 unspecified atom stereocenters. The van der Waals surface area contributed by atoms with E-state index in [1.807, 2.05) is 0 Å². The quantitative estimate of drug-likeness (QED) is 0.798. The molecule has 3 amide bonds. The number of aryl methyl sites for hydroxylation is 1. The second-order valence-electron chi connectivity index (χ2n) is 4.10. The average Bonchev–Trinajstić information content (AvgIpc) is 2.74. The van der Waals surface area contributed by atoms with Crippen molar-refractivity contribution >= 4 is 23.3 Å². The molecule has 0 radical (unpaired) electrons. The molecule has 2 rings (SSSR count). The molecule has 0 aliphatic heterocycles. The highest BCUT2D eigenvalue weighted by atomic mass is 19.1. The van der Waals surface area contributed by atoms with E-state index in [9.17, 15) is 18.4 Å². The van der Waals surface area contributed by atoms with E-state index < -0.39 is 23.6 Å². The minimum absolute atomic E-state index is 0.00951. The van der Waals surface area contributed by atoms with Crippen LogP contribution in [0.2, 0.25) is 0 Å². The van der Waals surface area contributed by atoms with E-state index in [1.54, 1.807) is 0 Å². The zero-order valence-electron chi connectivity index (χ0n) is 10.9. The molecule has 1 aromatic heterocycles. The Morgan fingerprint density at radius 3 is 2.52 bits per heavy atom. The summed E-state index contributed by atoms with van der Waals surface area (Å²) in [5.74, 6) is -2.47. The van der Waals surface area contributed by atoms with Crippen LogP contribution in [-0.2, 0) is 7.05 Å². The van der Waals surface area contributed by atoms with E-state index in [-0.39, 0.29) is 17.1 Å². The van der Waals surface area contributed by atoms with E-state index in [2.05, 4.69) is 15.7 Å². The van der Waals surface area contributed by atoms with Crippen LogP contribution in [0.15, 0.2) is 24.4 Å². The molecule has 110 valence electrons. The maximum absolute atomic E-state index is 13.4. The van der Waals surface area contributed by atoms with E-state index in [4.69, 9.17) is 5.73 Å². The summed E-state index contributed by atoms with van der Waals surface area (Å²) < 4.78 is 27.3. The van der Waals surface area contributed by atoms with Crippen molar-refractivity contribution in [3.8, 4) is 0 Å². The highest BCUT2D eigenvalue weighted by Crippen LogP contribution is 2.17. The number of primary amides is 1. The number of nitrogens with zero attached hydrogens (tertiary/aromatic N) is 2. The third-order valence-corrected chi connectivity index (χ3v) is 2.60. The Morgan fingerprint density at radius 1 is 1.24 bits per heavy atom. The summed E-state index contributed by atoms with van der Waals surface area (Å²) in [6.45, 7) is 0. The summed E-state index contributed by atoms with van der Waals surface area (Å²) in [7, 11) is 1.48. The third-order valence-electron chi connectivity index (χ3n) is 2.60. The number of urea groups is 1. The normalized spacial score (nSPS) is 10.2. The summed E-state index contributed by atoms with van der Waals surface area (Å²) in [5.41, 5.74) is 5.01. The van der Waals surface area contributed by atoms with Crippen LogP contribution >= 0.6 is 0 Å². The molecule has 21 heavy (non-hydrogen) atoms. The van der Waals surface area contributed by atoms with Gasteiger partial charge in [-0.1, -0.05) is 0 Å². The highest BCUT2D eigenvalue weighted by molar-refractivity contribution is 6.05. The second-order valence-corrected chi connectivity index (χ2v) is 4.10. The molecule has 0 fully saturated rings. The summed E-state index contributed by atoms with van der Waals surface area (Å²) >= 11 is 0. The Labute approximate surface area is 117 Å². The zero-order chi connectivity index (χ0) is 15.6. The number of amides is 3. The van der Waals surface area contributed by atoms with Crippen molar-refractivity contribution in [1.82, 2.24) is 9.78 Å². The fourth-order valence-corrected chi connectivity index (χ4v) is 1.69. The first kappa shape index (κ1) is 14.4. The second kappa shape index (κ2) is 5.57. The van der Waals surface area contributed by atoms with Crippen LogP contribution in [0.1, 0.15) is 10.5 Å². The van der Waals surface area contributed by atoms with Gasteiger partial charge >= 0.3 is 6.03 Å². The van der Waals surface area contributed by atoms with Crippen molar-refractivity contribution in [2.24, 2.45) is 12.8 Å². The number of halogens is 2. The molecule has 7 nitrogen and oxygen atoms in total. The van der Waals surface area contributed by atoms with Crippen molar-refractivity contribution in [1.29, 1.82) is 0 Å². The van der Waals surface area contributed by atoms with Crippen LogP contribution < -0.4 is 16.4 Å². The van der Waals surface area contributed by atoms with Gasteiger partial charge in [-0.05, 0) is 12.1 Å². The highest BCUT2D eigenvalue weighted by Gasteiger charge is 2.16. The largest absolute Gasteiger partial charge is 0.364 e. The van der Waals surface area contributed by atoms with Crippen molar-refractivity contribution in [2.75, 3.05) is 10.6 Å². The molecule has 0 aliphatic carbocycles. The van der Waals surface area contributed by atoms with Crippen LogP contribution in [0.4, 0.5) is 25.0 Å². The summed E-state index contributed by atoms with van der Waals surface area (Å²) in [6.07, 6.45) is 1.22. The first-order chi connectivity index (χ1) is 9.88. The Hall–Kier alpha value is -2.97. The van der Waals surface area contributed by atoms with Crippen LogP contribution in [0.25, 0.3) is 0 Å². The molecular formula is C12H11F2N5O2. The Morgan fingerprint density at radius 2 is 1.90 bits per heavy atom. The predicted molar refractivity (Wildman–Crippen MR) is 70.7 cm³/mol. The number of nitrogens with one attached hydrogen (secondary N) is 2. The maximum Gasteiger partial charge on any atom is 0.323 e. The van der Waals surface area contributed by atoms with Gasteiger partial charge < -0.3 is 16.4 Å². The predicted octanol–water partition coefficient (Wildman–Crippen LogP) is 1.44. The summed E-state index contributed by atoms with van der Waals surface area (Å²) in [6, 6.07) is 1.88. The lowest BCUT2D eigenvalue weighted by molar-refractivity contribution is 0.0992. The Balaban J connectivity index is 2.14. The van der Waals surface area contributed by atoms with Crippen molar-refractivity contribution in [3.05, 3.63) is 41.7 Å². The lowest BCUT2D eigenvalue weighted by atomic mass is 10.3. The number of carbonyl (C=O) groups excluding carboxylic acids is 2. The van der Waals surface area contributed by atoms with Gasteiger partial charge in [0.15, 0.2) is 0 Å². The summed E-state index contributed by atoms with van der Waals surface area (Å²) in [5, 5.41) is 8.27. The molecule has 9 heteroatoms. The van der Waals surface area contributed by atoms with Gasteiger partial charge in [-0.25, -0.2) is 13.6 Å². The number of nitrogens with two attached hydrogens (primary N) is 1. The van der Waals surface area contributed by atoms with Crippen LogP contribution in [0, 0.1) is 11.6 Å². The molecule has 0 saturated heterocycles. The minimum Gasteiger partial charge on any atom is -0.364 e. The van der Waals surface area contributed by atoms with Gasteiger partial charge in [0.25, 0.3) is 5.91 Å². The van der Waals surface area contributed by atoms with Crippen LogP contribution in [-0.4, -0.2) is 21.7 Å². The van der Waals surface area contributed by atoms with Crippen LogP contribution in [0.3, 0.4) is 0 Å². The Bertz CT molecular complexity index is 714. The van der Waals surface area contributed by atoms with E-state index in [0.29, 0.717) is 6.07 Å². The first-order valence-electron chi connectivity index (χ1n) is 5.73. The van der Waals surface area contributed by atoms with Gasteiger partial charge in [0.1, 0.15) is 17.3 Å². The lowest BCUT2D eigenvalue weighted by Crippen LogP contribution is -2.23. The molecule has 0 bridgehead atoms. The molecular weight excluding hydrogens is 284 g/mol. The van der Waals surface area contributed by atoms with Gasteiger partial charge in [0.05, 0.1) is 17.6 Å². The number of anilines is 2. The first-order valence-corrected chi connectivity index (χ1v) is 5.73. The van der Waals surface area contributed by atoms with Gasteiger partial charge in [0, 0.05) is 13.1 Å². The van der Waals surface area contributed by atoms with E-state index in [0.717, 1.165) is 12.1 Å². The molecule has 0 saturated carbocycles. The number of aromatic nitrogens is 2. The van der Waals surface area contributed by atoms with E-state index in [1.165, 1.54) is 17.9 Å². The standard InChI is InChI=1S/C12H11F2N5O2/c1-19-10(11(15)20)9(5-16-19)18-12(21)17-8-3-2-6(13)4-7(8)14/h2-5H,1H3,(H2,15,20)(H2,17,18,21). The molecule has 1 heterocycles. The fraction of sp³-hybridized carbons (Fsp3) is 0.0833. The molecule has 0 aliphatic rings. The number of rotatable bonds is 3. The lowest BCUT2D eigenvalue weighted by Gasteiger charge is -2.08. The topological polar surface area (TPSA) is 102 Å².